The van der Waals surface area contributed by atoms with Gasteiger partial charge in [-0.1, -0.05) is 48.8 Å². The first-order chi connectivity index (χ1) is 4.66. The van der Waals surface area contributed by atoms with Crippen LogP contribution in [-0.2, 0) is 0 Å². The largest absolute Gasteiger partial charge is 0.0954 e. The number of rotatable bonds is 4. The molecule has 10 heavy (non-hydrogen) atoms. The summed E-state index contributed by atoms with van der Waals surface area (Å²) >= 11 is 7.06. The average Bonchev–Trinajstić information content (AvgIpc) is 1.87. The van der Waals surface area contributed by atoms with Gasteiger partial charge in [-0.25, -0.2) is 0 Å². The van der Waals surface area contributed by atoms with Gasteiger partial charge in [-0.05, 0) is 13.8 Å². The third-order valence-electron chi connectivity index (χ3n) is 1.49. The van der Waals surface area contributed by atoms with Crippen LogP contribution in [0.15, 0.2) is 11.3 Å². The zero-order chi connectivity index (χ0) is 7.98. The molecule has 0 N–H and O–H groups in total. The molecule has 0 aromatic carbocycles. The molecule has 4 heteroatoms. The maximum Gasteiger partial charge on any atom is 0.0549 e. The van der Waals surface area contributed by atoms with Gasteiger partial charge in [0.2, 0.25) is 0 Å². The standard InChI is InChI=1S/C6H14Br2Si2/c1-3-5(2)9-4-10-6(7)8/h3,6H,4,9-10H2,1-2H3. The van der Waals surface area contributed by atoms with Crippen molar-refractivity contribution in [2.24, 2.45) is 0 Å². The zero-order valence-electron chi connectivity index (χ0n) is 6.53. The minimum atomic E-state index is 0.148. The summed E-state index contributed by atoms with van der Waals surface area (Å²) in [5, 5.41) is 1.66. The topological polar surface area (TPSA) is 0 Å². The Morgan fingerprint density at radius 1 is 1.60 bits per heavy atom. The van der Waals surface area contributed by atoms with Gasteiger partial charge in [-0.3, -0.25) is 0 Å². The molecule has 0 amide bonds. The van der Waals surface area contributed by atoms with Gasteiger partial charge in [0.25, 0.3) is 0 Å². The van der Waals surface area contributed by atoms with Crippen LogP contribution < -0.4 is 0 Å². The number of hydrogen-bond acceptors (Lipinski definition) is 0. The van der Waals surface area contributed by atoms with Crippen LogP contribution in [0.5, 0.6) is 0 Å². The summed E-state index contributed by atoms with van der Waals surface area (Å²) in [5.41, 5.74) is 1.54. The van der Waals surface area contributed by atoms with Gasteiger partial charge < -0.3 is 0 Å². The molecule has 0 saturated carbocycles. The molecule has 60 valence electrons. The molecule has 0 aromatic rings. The average molecular weight is 302 g/mol. The van der Waals surface area contributed by atoms with E-state index in [0.29, 0.717) is 3.36 Å². The molecule has 0 aromatic heterocycles. The van der Waals surface area contributed by atoms with Gasteiger partial charge in [0.15, 0.2) is 0 Å². The smallest absolute Gasteiger partial charge is 0.0549 e. The minimum absolute atomic E-state index is 0.148. The summed E-state index contributed by atoms with van der Waals surface area (Å²) in [5.74, 6) is 0. The molecule has 0 fully saturated rings. The number of hydrogen-bond donors (Lipinski definition) is 0. The first kappa shape index (κ1) is 11.1. The van der Waals surface area contributed by atoms with Crippen LogP contribution in [0.25, 0.3) is 0 Å². The Kier molecular flexibility index (Phi) is 7.59. The van der Waals surface area contributed by atoms with Crippen molar-refractivity contribution in [2.75, 3.05) is 0 Å². The van der Waals surface area contributed by atoms with Crippen LogP contribution >= 0.6 is 31.9 Å². The molecule has 0 aliphatic heterocycles. The molecular formula is C6H14Br2Si2. The second-order valence-corrected chi connectivity index (χ2v) is 14.1. The van der Waals surface area contributed by atoms with E-state index in [4.69, 9.17) is 0 Å². The lowest BCUT2D eigenvalue weighted by atomic mass is 10.6. The predicted molar refractivity (Wildman–Crippen MR) is 63.0 cm³/mol. The van der Waals surface area contributed by atoms with Crippen molar-refractivity contribution in [3.05, 3.63) is 11.3 Å². The first-order valence-electron chi connectivity index (χ1n) is 3.56. The van der Waals surface area contributed by atoms with Crippen LogP contribution in [-0.4, -0.2) is 22.4 Å². The summed E-state index contributed by atoms with van der Waals surface area (Å²) in [6.45, 7) is 4.40. The number of alkyl halides is 2. The van der Waals surface area contributed by atoms with Gasteiger partial charge in [0, 0.05) is 19.0 Å². The molecule has 0 aliphatic carbocycles. The normalized spacial score (nSPS) is 15.1. The molecular weight excluding hydrogens is 288 g/mol. The van der Waals surface area contributed by atoms with E-state index in [2.05, 4.69) is 51.8 Å². The molecule has 0 bridgehead atoms. The van der Waals surface area contributed by atoms with E-state index in [1.807, 2.05) is 0 Å². The Labute approximate surface area is 84.8 Å². The van der Waals surface area contributed by atoms with Crippen molar-refractivity contribution >= 4 is 50.9 Å². The van der Waals surface area contributed by atoms with E-state index in [0.717, 1.165) is 0 Å². The van der Waals surface area contributed by atoms with E-state index in [-0.39, 0.29) is 19.0 Å². The summed E-state index contributed by atoms with van der Waals surface area (Å²) in [7, 11) is 0.304. The Hall–Kier alpha value is 1.13. The molecule has 0 radical (unpaired) electrons. The van der Waals surface area contributed by atoms with Crippen molar-refractivity contribution in [2.45, 2.75) is 22.9 Å². The van der Waals surface area contributed by atoms with E-state index < -0.39 is 0 Å². The molecule has 0 atom stereocenters. The van der Waals surface area contributed by atoms with Gasteiger partial charge in [-0.15, -0.1) is 0 Å². The monoisotopic (exact) mass is 300 g/mol. The molecule has 0 heterocycles. The maximum atomic E-state index is 3.53. The molecule has 0 saturated heterocycles. The van der Waals surface area contributed by atoms with E-state index in [1.54, 1.807) is 5.20 Å². The lowest BCUT2D eigenvalue weighted by Crippen LogP contribution is -2.05. The van der Waals surface area contributed by atoms with Crippen molar-refractivity contribution in [3.8, 4) is 0 Å². The highest BCUT2D eigenvalue weighted by Crippen LogP contribution is 2.07. The van der Waals surface area contributed by atoms with Crippen LogP contribution in [0.1, 0.15) is 13.8 Å². The van der Waals surface area contributed by atoms with Crippen molar-refractivity contribution in [1.82, 2.24) is 0 Å². The second kappa shape index (κ2) is 6.82. The molecule has 0 nitrogen and oxygen atoms in total. The Morgan fingerprint density at radius 2 is 2.20 bits per heavy atom. The third kappa shape index (κ3) is 7.24. The molecule has 0 aliphatic rings. The van der Waals surface area contributed by atoms with Crippen LogP contribution in [0.4, 0.5) is 0 Å². The highest BCUT2D eigenvalue weighted by atomic mass is 79.9. The van der Waals surface area contributed by atoms with E-state index in [9.17, 15) is 0 Å². The second-order valence-electron chi connectivity index (χ2n) is 2.42. The SMILES string of the molecule is CC=C(C)[SiH2]C[SiH2]C(Br)Br. The van der Waals surface area contributed by atoms with Crippen LogP contribution in [0.3, 0.4) is 0 Å². The van der Waals surface area contributed by atoms with Crippen LogP contribution in [0.2, 0.25) is 5.67 Å². The lowest BCUT2D eigenvalue weighted by Gasteiger charge is -1.99. The van der Waals surface area contributed by atoms with Crippen LogP contribution in [0, 0.1) is 0 Å². The fourth-order valence-corrected chi connectivity index (χ4v) is 11.1. The Bertz CT molecular complexity index is 112. The van der Waals surface area contributed by atoms with Gasteiger partial charge >= 0.3 is 0 Å². The summed E-state index contributed by atoms with van der Waals surface area (Å²) in [6, 6.07) is 0. The number of halogens is 2. The number of allylic oxidation sites excluding steroid dienone is 2. The summed E-state index contributed by atoms with van der Waals surface area (Å²) in [6.07, 6.45) is 2.26. The maximum absolute atomic E-state index is 3.53. The van der Waals surface area contributed by atoms with Crippen molar-refractivity contribution < 1.29 is 0 Å². The highest BCUT2D eigenvalue weighted by Gasteiger charge is 1.98. The van der Waals surface area contributed by atoms with Crippen molar-refractivity contribution in [1.29, 1.82) is 0 Å². The minimum Gasteiger partial charge on any atom is -0.0954 e. The third-order valence-corrected chi connectivity index (χ3v) is 8.91. The Morgan fingerprint density at radius 3 is 2.60 bits per heavy atom. The van der Waals surface area contributed by atoms with E-state index in [1.165, 1.54) is 5.67 Å². The predicted octanol–water partition coefficient (Wildman–Crippen LogP) is 1.70. The summed E-state index contributed by atoms with van der Waals surface area (Å²) in [4.78, 5) is 0. The quantitative estimate of drug-likeness (QED) is 0.548. The fraction of sp³-hybridized carbons (Fsp3) is 0.667. The first-order valence-corrected chi connectivity index (χ1v) is 8.92. The Balaban J connectivity index is 3.20. The lowest BCUT2D eigenvalue weighted by molar-refractivity contribution is 1.56. The van der Waals surface area contributed by atoms with E-state index >= 15 is 0 Å². The highest BCUT2D eigenvalue weighted by molar-refractivity contribution is 9.25. The molecule has 0 rings (SSSR count). The summed E-state index contributed by atoms with van der Waals surface area (Å²) < 4.78 is 0.664. The molecule has 0 unspecified atom stereocenters. The van der Waals surface area contributed by atoms with Gasteiger partial charge in [0.05, 0.1) is 3.36 Å². The molecule has 0 spiro atoms. The zero-order valence-corrected chi connectivity index (χ0v) is 12.5. The fourth-order valence-electron chi connectivity index (χ4n) is 0.680. The van der Waals surface area contributed by atoms with Gasteiger partial charge in [0.1, 0.15) is 0 Å². The van der Waals surface area contributed by atoms with Crippen molar-refractivity contribution in [3.63, 3.8) is 0 Å². The van der Waals surface area contributed by atoms with Gasteiger partial charge in [-0.2, -0.15) is 0 Å².